The molecule has 2 aromatic rings. The van der Waals surface area contributed by atoms with Gasteiger partial charge in [0.15, 0.2) is 0 Å². The molecule has 3 rings (SSSR count). The zero-order chi connectivity index (χ0) is 13.4. The molecule has 2 aromatic carbocycles. The highest BCUT2D eigenvalue weighted by Gasteiger charge is 2.42. The van der Waals surface area contributed by atoms with Crippen LogP contribution in [-0.4, -0.2) is 12.3 Å². The fourth-order valence-corrected chi connectivity index (χ4v) is 3.08. The molecule has 0 unspecified atom stereocenters. The zero-order valence-electron chi connectivity index (χ0n) is 11.3. The molecule has 1 fully saturated rings. The van der Waals surface area contributed by atoms with Gasteiger partial charge in [0.1, 0.15) is 12.3 Å². The third-order valence-electron chi connectivity index (χ3n) is 4.23. The van der Waals surface area contributed by atoms with Crippen molar-refractivity contribution in [2.45, 2.75) is 38.6 Å². The lowest BCUT2D eigenvalue weighted by atomic mass is 9.93. The summed E-state index contributed by atoms with van der Waals surface area (Å²) in [5.74, 6) is -0.0334. The van der Waals surface area contributed by atoms with E-state index in [1.54, 1.807) is 0 Å². The number of hydrogen-bond donors (Lipinski definition) is 0. The topological polar surface area (TPSA) is 9.23 Å². The average molecular weight is 258 g/mol. The van der Waals surface area contributed by atoms with Crippen LogP contribution in [0.5, 0.6) is 0 Å². The molecule has 0 bridgehead atoms. The highest BCUT2D eigenvalue weighted by atomic mass is 19.1. The molecule has 1 nitrogen and oxygen atoms in total. The van der Waals surface area contributed by atoms with E-state index in [0.717, 1.165) is 22.8 Å². The van der Waals surface area contributed by atoms with Gasteiger partial charge in [-0.2, -0.15) is 0 Å². The first kappa shape index (κ1) is 12.6. The molecule has 0 saturated carbocycles. The van der Waals surface area contributed by atoms with Crippen molar-refractivity contribution in [3.05, 3.63) is 48.0 Å². The molecule has 19 heavy (non-hydrogen) atoms. The Hall–Kier alpha value is -1.41. The standard InChI is InChI=1S/C17H19FO/c1-3-15-11(2)16(18)17(19-15)14-10-6-8-12-7-4-5-9-13(12)14/h4-11,15-17H,3H2,1-2H3/t11-,15-,16-,17+/m1/s1. The van der Waals surface area contributed by atoms with E-state index in [9.17, 15) is 4.39 Å². The van der Waals surface area contributed by atoms with Crippen molar-refractivity contribution in [2.24, 2.45) is 5.92 Å². The van der Waals surface area contributed by atoms with Gasteiger partial charge in [0.05, 0.1) is 6.10 Å². The molecule has 0 aromatic heterocycles. The third kappa shape index (κ3) is 2.04. The summed E-state index contributed by atoms with van der Waals surface area (Å²) in [7, 11) is 0. The van der Waals surface area contributed by atoms with Gasteiger partial charge in [-0.25, -0.2) is 4.39 Å². The van der Waals surface area contributed by atoms with Gasteiger partial charge in [-0.05, 0) is 22.8 Å². The normalized spacial score (nSPS) is 30.9. The summed E-state index contributed by atoms with van der Waals surface area (Å²) in [6.45, 7) is 4.00. The van der Waals surface area contributed by atoms with Crippen LogP contribution in [0.2, 0.25) is 0 Å². The molecule has 1 aliphatic heterocycles. The van der Waals surface area contributed by atoms with Gasteiger partial charge >= 0.3 is 0 Å². The molecule has 4 atom stereocenters. The molecular weight excluding hydrogens is 239 g/mol. The predicted molar refractivity (Wildman–Crippen MR) is 75.9 cm³/mol. The lowest BCUT2D eigenvalue weighted by Crippen LogP contribution is -2.17. The number of ether oxygens (including phenoxy) is 1. The average Bonchev–Trinajstić information content (AvgIpc) is 2.74. The van der Waals surface area contributed by atoms with Gasteiger partial charge < -0.3 is 4.74 Å². The number of hydrogen-bond acceptors (Lipinski definition) is 1. The van der Waals surface area contributed by atoms with Crippen molar-refractivity contribution in [2.75, 3.05) is 0 Å². The number of rotatable bonds is 2. The fraction of sp³-hybridized carbons (Fsp3) is 0.412. The van der Waals surface area contributed by atoms with Gasteiger partial charge in [-0.1, -0.05) is 56.3 Å². The Morgan fingerprint density at radius 3 is 2.58 bits per heavy atom. The molecule has 100 valence electrons. The van der Waals surface area contributed by atoms with Gasteiger partial charge in [0.2, 0.25) is 0 Å². The summed E-state index contributed by atoms with van der Waals surface area (Å²) in [6.07, 6.45) is -0.455. The maximum Gasteiger partial charge on any atom is 0.135 e. The molecule has 2 heteroatoms. The largest absolute Gasteiger partial charge is 0.367 e. The van der Waals surface area contributed by atoms with E-state index in [4.69, 9.17) is 4.74 Å². The van der Waals surface area contributed by atoms with Crippen molar-refractivity contribution in [1.29, 1.82) is 0 Å². The van der Waals surface area contributed by atoms with Crippen molar-refractivity contribution in [3.63, 3.8) is 0 Å². The molecule has 0 spiro atoms. The second kappa shape index (κ2) is 4.93. The molecule has 0 N–H and O–H groups in total. The highest BCUT2D eigenvalue weighted by molar-refractivity contribution is 5.86. The summed E-state index contributed by atoms with van der Waals surface area (Å²) >= 11 is 0. The van der Waals surface area contributed by atoms with E-state index < -0.39 is 12.3 Å². The van der Waals surface area contributed by atoms with Crippen molar-refractivity contribution >= 4 is 10.8 Å². The van der Waals surface area contributed by atoms with Crippen molar-refractivity contribution in [3.8, 4) is 0 Å². The summed E-state index contributed by atoms with van der Waals surface area (Å²) in [6, 6.07) is 14.1. The van der Waals surface area contributed by atoms with Crippen molar-refractivity contribution in [1.82, 2.24) is 0 Å². The minimum atomic E-state index is -0.921. The molecule has 1 aliphatic rings. The Bertz CT molecular complexity index is 575. The molecule has 0 amide bonds. The van der Waals surface area contributed by atoms with Crippen molar-refractivity contribution < 1.29 is 9.13 Å². The second-order valence-electron chi connectivity index (χ2n) is 5.38. The zero-order valence-corrected chi connectivity index (χ0v) is 11.3. The van der Waals surface area contributed by atoms with E-state index in [-0.39, 0.29) is 12.0 Å². The van der Waals surface area contributed by atoms with E-state index >= 15 is 0 Å². The lowest BCUT2D eigenvalue weighted by Gasteiger charge is -2.16. The summed E-state index contributed by atoms with van der Waals surface area (Å²) in [4.78, 5) is 0. The summed E-state index contributed by atoms with van der Waals surface area (Å²) in [5, 5.41) is 2.24. The first-order chi connectivity index (χ1) is 9.22. The van der Waals surface area contributed by atoms with Gasteiger partial charge in [-0.3, -0.25) is 0 Å². The summed E-state index contributed by atoms with van der Waals surface area (Å²) in [5.41, 5.74) is 0.980. The molecule has 1 heterocycles. The second-order valence-corrected chi connectivity index (χ2v) is 5.38. The van der Waals surface area contributed by atoms with E-state index in [1.807, 2.05) is 37.3 Å². The highest BCUT2D eigenvalue weighted by Crippen LogP contribution is 2.42. The van der Waals surface area contributed by atoms with Crippen LogP contribution in [0.3, 0.4) is 0 Å². The molecule has 1 saturated heterocycles. The Balaban J connectivity index is 2.05. The fourth-order valence-electron chi connectivity index (χ4n) is 3.08. The quantitative estimate of drug-likeness (QED) is 0.761. The Morgan fingerprint density at radius 1 is 1.11 bits per heavy atom. The minimum Gasteiger partial charge on any atom is -0.367 e. The lowest BCUT2D eigenvalue weighted by molar-refractivity contribution is 0.0238. The van der Waals surface area contributed by atoms with Crippen LogP contribution >= 0.6 is 0 Å². The van der Waals surface area contributed by atoms with Crippen LogP contribution in [0.25, 0.3) is 10.8 Å². The molecular formula is C17H19FO. The summed E-state index contributed by atoms with van der Waals surface area (Å²) < 4.78 is 20.5. The van der Waals surface area contributed by atoms with Gasteiger partial charge in [0.25, 0.3) is 0 Å². The Kier molecular flexibility index (Phi) is 3.28. The van der Waals surface area contributed by atoms with Crippen LogP contribution in [0, 0.1) is 5.92 Å². The number of halogens is 1. The molecule has 0 radical (unpaired) electrons. The Morgan fingerprint density at radius 2 is 1.84 bits per heavy atom. The minimum absolute atomic E-state index is 0.0268. The third-order valence-corrected chi connectivity index (χ3v) is 4.23. The van der Waals surface area contributed by atoms with E-state index in [1.165, 1.54) is 0 Å². The van der Waals surface area contributed by atoms with Gasteiger partial charge in [-0.15, -0.1) is 0 Å². The number of fused-ring (bicyclic) bond motifs is 1. The molecule has 0 aliphatic carbocycles. The van der Waals surface area contributed by atoms with Crippen LogP contribution in [0.1, 0.15) is 31.9 Å². The maximum absolute atomic E-state index is 14.5. The van der Waals surface area contributed by atoms with E-state index in [0.29, 0.717) is 0 Å². The van der Waals surface area contributed by atoms with Crippen LogP contribution in [0.15, 0.2) is 42.5 Å². The van der Waals surface area contributed by atoms with Gasteiger partial charge in [0, 0.05) is 5.92 Å². The first-order valence-corrected chi connectivity index (χ1v) is 6.99. The van der Waals surface area contributed by atoms with Crippen LogP contribution in [-0.2, 0) is 4.74 Å². The van der Waals surface area contributed by atoms with E-state index in [2.05, 4.69) is 19.1 Å². The number of benzene rings is 2. The van der Waals surface area contributed by atoms with Crippen LogP contribution < -0.4 is 0 Å². The number of alkyl halides is 1. The van der Waals surface area contributed by atoms with Crippen LogP contribution in [0.4, 0.5) is 4.39 Å². The SMILES string of the molecule is CC[C@H]1O[C@@H](c2cccc3ccccc23)[C@H](F)[C@@H]1C. The predicted octanol–water partition coefficient (Wildman–Crippen LogP) is 4.66. The first-order valence-electron chi connectivity index (χ1n) is 6.99. The Labute approximate surface area is 113 Å². The monoisotopic (exact) mass is 258 g/mol. The smallest absolute Gasteiger partial charge is 0.135 e. The maximum atomic E-state index is 14.5.